The summed E-state index contributed by atoms with van der Waals surface area (Å²) in [6.45, 7) is 4.13. The topological polar surface area (TPSA) is 80.6 Å². The Bertz CT molecular complexity index is 931. The number of hydrogen-bond acceptors (Lipinski definition) is 4. The van der Waals surface area contributed by atoms with Gasteiger partial charge in [-0.05, 0) is 53.9 Å². The number of carbonyl (C=O) groups excluding carboxylic acids is 2. The number of anilines is 2. The summed E-state index contributed by atoms with van der Waals surface area (Å²) in [6, 6.07) is 17.8. The van der Waals surface area contributed by atoms with Crippen LogP contribution in [0.2, 0.25) is 0 Å². The van der Waals surface area contributed by atoms with E-state index in [4.69, 9.17) is 9.15 Å². The number of hydrogen-bond donors (Lipinski definition) is 2. The van der Waals surface area contributed by atoms with Gasteiger partial charge >= 0.3 is 0 Å². The van der Waals surface area contributed by atoms with Crippen molar-refractivity contribution >= 4 is 23.2 Å². The fourth-order valence-electron chi connectivity index (χ4n) is 2.57. The average molecular weight is 378 g/mol. The first-order chi connectivity index (χ1) is 13.5. The standard InChI is InChI=1S/C22H22N2O4/c1-15(2)16-8-10-19(11-9-16)28-14-21(25)23-17-5-3-6-18(13-17)24-22(26)20-7-4-12-27-20/h3-13,15H,14H2,1-2H3,(H,23,25)(H,24,26). The van der Waals surface area contributed by atoms with Crippen molar-refractivity contribution in [1.29, 1.82) is 0 Å². The maximum Gasteiger partial charge on any atom is 0.291 e. The van der Waals surface area contributed by atoms with Gasteiger partial charge in [0.05, 0.1) is 6.26 Å². The molecule has 1 aromatic heterocycles. The number of ether oxygens (including phenoxy) is 1. The molecule has 6 nitrogen and oxygen atoms in total. The molecule has 3 rings (SSSR count). The van der Waals surface area contributed by atoms with E-state index in [9.17, 15) is 9.59 Å². The fraction of sp³-hybridized carbons (Fsp3) is 0.182. The molecule has 0 fully saturated rings. The first-order valence-corrected chi connectivity index (χ1v) is 8.99. The number of rotatable bonds is 7. The maximum absolute atomic E-state index is 12.1. The van der Waals surface area contributed by atoms with Gasteiger partial charge in [-0.25, -0.2) is 0 Å². The Morgan fingerprint density at radius 1 is 0.964 bits per heavy atom. The zero-order chi connectivity index (χ0) is 19.9. The third kappa shape index (κ3) is 5.23. The van der Waals surface area contributed by atoms with Crippen LogP contribution < -0.4 is 15.4 Å². The largest absolute Gasteiger partial charge is 0.484 e. The summed E-state index contributed by atoms with van der Waals surface area (Å²) < 4.78 is 10.6. The van der Waals surface area contributed by atoms with Crippen LogP contribution in [0.4, 0.5) is 11.4 Å². The Morgan fingerprint density at radius 2 is 1.68 bits per heavy atom. The van der Waals surface area contributed by atoms with E-state index >= 15 is 0 Å². The summed E-state index contributed by atoms with van der Waals surface area (Å²) in [5, 5.41) is 5.47. The van der Waals surface area contributed by atoms with Crippen LogP contribution in [-0.2, 0) is 4.79 Å². The van der Waals surface area contributed by atoms with Crippen molar-refractivity contribution in [2.75, 3.05) is 17.2 Å². The second-order valence-corrected chi connectivity index (χ2v) is 6.57. The van der Waals surface area contributed by atoms with Crippen molar-refractivity contribution in [3.63, 3.8) is 0 Å². The molecule has 0 saturated heterocycles. The third-order valence-corrected chi connectivity index (χ3v) is 4.07. The molecule has 0 aliphatic carbocycles. The van der Waals surface area contributed by atoms with E-state index in [1.807, 2.05) is 24.3 Å². The SMILES string of the molecule is CC(C)c1ccc(OCC(=O)Nc2cccc(NC(=O)c3ccco3)c2)cc1. The van der Waals surface area contributed by atoms with Crippen LogP contribution in [0.15, 0.2) is 71.3 Å². The van der Waals surface area contributed by atoms with Crippen LogP contribution >= 0.6 is 0 Å². The summed E-state index contributed by atoms with van der Waals surface area (Å²) in [5.41, 5.74) is 2.32. The van der Waals surface area contributed by atoms with Crippen molar-refractivity contribution in [3.8, 4) is 5.75 Å². The maximum atomic E-state index is 12.1. The Labute approximate surface area is 163 Å². The van der Waals surface area contributed by atoms with Gasteiger partial charge in [0.2, 0.25) is 0 Å². The van der Waals surface area contributed by atoms with Crippen molar-refractivity contribution in [2.24, 2.45) is 0 Å². The molecule has 3 aromatic rings. The van der Waals surface area contributed by atoms with Gasteiger partial charge in [-0.1, -0.05) is 32.0 Å². The highest BCUT2D eigenvalue weighted by Crippen LogP contribution is 2.19. The van der Waals surface area contributed by atoms with Crippen LogP contribution in [0.3, 0.4) is 0 Å². The first kappa shape index (κ1) is 19.2. The average Bonchev–Trinajstić information content (AvgIpc) is 3.22. The van der Waals surface area contributed by atoms with E-state index in [0.717, 1.165) is 0 Å². The molecule has 6 heteroatoms. The van der Waals surface area contributed by atoms with E-state index in [1.165, 1.54) is 11.8 Å². The lowest BCUT2D eigenvalue weighted by Gasteiger charge is -2.10. The molecule has 0 atom stereocenters. The minimum absolute atomic E-state index is 0.107. The molecular weight excluding hydrogens is 356 g/mol. The molecule has 144 valence electrons. The highest BCUT2D eigenvalue weighted by Gasteiger charge is 2.10. The van der Waals surface area contributed by atoms with Crippen LogP contribution in [0.5, 0.6) is 5.75 Å². The number of furan rings is 1. The predicted octanol–water partition coefficient (Wildman–Crippen LogP) is 4.67. The molecule has 0 spiro atoms. The Hall–Kier alpha value is -3.54. The van der Waals surface area contributed by atoms with E-state index < -0.39 is 0 Å². The number of amides is 2. The van der Waals surface area contributed by atoms with Gasteiger partial charge in [0.25, 0.3) is 11.8 Å². The number of nitrogens with one attached hydrogen (secondary N) is 2. The minimum Gasteiger partial charge on any atom is -0.484 e. The lowest BCUT2D eigenvalue weighted by molar-refractivity contribution is -0.118. The van der Waals surface area contributed by atoms with Crippen LogP contribution in [0.25, 0.3) is 0 Å². The Balaban J connectivity index is 1.53. The fourth-order valence-corrected chi connectivity index (χ4v) is 2.57. The van der Waals surface area contributed by atoms with Crippen molar-refractivity contribution in [1.82, 2.24) is 0 Å². The Kier molecular flexibility index (Phi) is 6.11. The molecule has 1 heterocycles. The summed E-state index contributed by atoms with van der Waals surface area (Å²) in [4.78, 5) is 24.2. The van der Waals surface area contributed by atoms with E-state index in [1.54, 1.807) is 36.4 Å². The van der Waals surface area contributed by atoms with Gasteiger partial charge in [0.1, 0.15) is 5.75 Å². The molecule has 2 N–H and O–H groups in total. The minimum atomic E-state index is -0.360. The summed E-state index contributed by atoms with van der Waals surface area (Å²) in [5.74, 6) is 0.646. The van der Waals surface area contributed by atoms with Crippen LogP contribution in [-0.4, -0.2) is 18.4 Å². The second-order valence-electron chi connectivity index (χ2n) is 6.57. The summed E-state index contributed by atoms with van der Waals surface area (Å²) in [6.07, 6.45) is 1.43. The highest BCUT2D eigenvalue weighted by molar-refractivity contribution is 6.02. The van der Waals surface area contributed by atoms with Crippen LogP contribution in [0, 0.1) is 0 Å². The van der Waals surface area contributed by atoms with Crippen molar-refractivity contribution in [3.05, 3.63) is 78.3 Å². The molecule has 0 aliphatic heterocycles. The third-order valence-electron chi connectivity index (χ3n) is 4.07. The van der Waals surface area contributed by atoms with Gasteiger partial charge in [-0.15, -0.1) is 0 Å². The molecule has 0 saturated carbocycles. The smallest absolute Gasteiger partial charge is 0.291 e. The van der Waals surface area contributed by atoms with Crippen molar-refractivity contribution < 1.29 is 18.7 Å². The highest BCUT2D eigenvalue weighted by atomic mass is 16.5. The first-order valence-electron chi connectivity index (χ1n) is 8.99. The molecular formula is C22H22N2O4. The zero-order valence-electron chi connectivity index (χ0n) is 15.8. The lowest BCUT2D eigenvalue weighted by atomic mass is 10.0. The van der Waals surface area contributed by atoms with E-state index in [0.29, 0.717) is 23.0 Å². The Morgan fingerprint density at radius 3 is 2.32 bits per heavy atom. The van der Waals surface area contributed by atoms with Gasteiger partial charge < -0.3 is 19.8 Å². The summed E-state index contributed by atoms with van der Waals surface area (Å²) >= 11 is 0. The zero-order valence-corrected chi connectivity index (χ0v) is 15.8. The molecule has 2 amide bonds. The van der Waals surface area contributed by atoms with Gasteiger partial charge in [-0.2, -0.15) is 0 Å². The quantitative estimate of drug-likeness (QED) is 0.626. The summed E-state index contributed by atoms with van der Waals surface area (Å²) in [7, 11) is 0. The van der Waals surface area contributed by atoms with Crippen LogP contribution in [0.1, 0.15) is 35.9 Å². The van der Waals surface area contributed by atoms with Gasteiger partial charge in [0.15, 0.2) is 12.4 Å². The molecule has 0 unspecified atom stereocenters. The predicted molar refractivity (Wildman–Crippen MR) is 108 cm³/mol. The van der Waals surface area contributed by atoms with Gasteiger partial charge in [0, 0.05) is 11.4 Å². The molecule has 2 aromatic carbocycles. The molecule has 0 radical (unpaired) electrons. The van der Waals surface area contributed by atoms with E-state index in [2.05, 4.69) is 24.5 Å². The molecule has 28 heavy (non-hydrogen) atoms. The normalized spacial score (nSPS) is 10.5. The van der Waals surface area contributed by atoms with Crippen molar-refractivity contribution in [2.45, 2.75) is 19.8 Å². The monoisotopic (exact) mass is 378 g/mol. The second kappa shape index (κ2) is 8.90. The molecule has 0 aliphatic rings. The number of benzene rings is 2. The van der Waals surface area contributed by atoms with E-state index in [-0.39, 0.29) is 24.2 Å². The molecule has 0 bridgehead atoms. The number of carbonyl (C=O) groups is 2. The van der Waals surface area contributed by atoms with Gasteiger partial charge in [-0.3, -0.25) is 9.59 Å². The lowest BCUT2D eigenvalue weighted by Crippen LogP contribution is -2.20.